The molecule has 2 saturated carbocycles. The fraction of sp³-hybridized carbons (Fsp3) is 0.850. The second kappa shape index (κ2) is 7.57. The predicted molar refractivity (Wildman–Crippen MR) is 99.3 cm³/mol. The molecule has 1 spiro atoms. The monoisotopic (exact) mass is 363 g/mol. The number of hydrogen-bond donors (Lipinski definition) is 2. The lowest BCUT2D eigenvalue weighted by Crippen LogP contribution is -2.51. The van der Waals surface area contributed by atoms with Crippen molar-refractivity contribution in [2.45, 2.75) is 83.7 Å². The Bertz CT molecular complexity index is 569. The molecule has 2 aliphatic carbocycles. The number of imide groups is 1. The highest BCUT2D eigenvalue weighted by molar-refractivity contribution is 6.09. The van der Waals surface area contributed by atoms with E-state index < -0.39 is 11.6 Å². The first-order chi connectivity index (χ1) is 12.4. The highest BCUT2D eigenvalue weighted by Gasteiger charge is 2.52. The predicted octanol–water partition coefficient (Wildman–Crippen LogP) is 2.82. The van der Waals surface area contributed by atoms with Crippen LogP contribution in [0.5, 0.6) is 0 Å². The first-order valence-electron chi connectivity index (χ1n) is 10.3. The van der Waals surface area contributed by atoms with Gasteiger partial charge in [0.05, 0.1) is 0 Å². The van der Waals surface area contributed by atoms with Gasteiger partial charge in [0.2, 0.25) is 5.91 Å². The maximum absolute atomic E-state index is 12.9. The molecule has 6 heteroatoms. The summed E-state index contributed by atoms with van der Waals surface area (Å²) in [5.41, 5.74) is -0.768. The Labute approximate surface area is 156 Å². The van der Waals surface area contributed by atoms with Gasteiger partial charge < -0.3 is 10.6 Å². The third-order valence-corrected chi connectivity index (χ3v) is 7.14. The number of amides is 4. The molecule has 0 aromatic carbocycles. The molecule has 1 heterocycles. The van der Waals surface area contributed by atoms with Crippen LogP contribution in [-0.4, -0.2) is 40.9 Å². The Kier molecular flexibility index (Phi) is 5.58. The molecule has 0 radical (unpaired) electrons. The molecule has 3 rings (SSSR count). The molecule has 0 aromatic rings. The van der Waals surface area contributed by atoms with E-state index in [1.165, 1.54) is 6.42 Å². The zero-order valence-electron chi connectivity index (χ0n) is 16.3. The minimum absolute atomic E-state index is 0.140. The topological polar surface area (TPSA) is 78.5 Å². The van der Waals surface area contributed by atoms with Crippen LogP contribution in [0.2, 0.25) is 0 Å². The van der Waals surface area contributed by atoms with Gasteiger partial charge in [-0.25, -0.2) is 4.79 Å². The van der Waals surface area contributed by atoms with E-state index in [1.54, 1.807) is 0 Å². The van der Waals surface area contributed by atoms with Gasteiger partial charge in [-0.2, -0.15) is 0 Å². The van der Waals surface area contributed by atoms with E-state index in [0.29, 0.717) is 30.6 Å². The molecule has 1 aliphatic heterocycles. The number of rotatable bonds is 4. The van der Waals surface area contributed by atoms with E-state index in [2.05, 4.69) is 31.4 Å². The number of nitrogens with zero attached hydrogens (tertiary/aromatic N) is 1. The van der Waals surface area contributed by atoms with Crippen LogP contribution in [0.25, 0.3) is 0 Å². The van der Waals surface area contributed by atoms with Crippen LogP contribution in [0.3, 0.4) is 0 Å². The van der Waals surface area contributed by atoms with Gasteiger partial charge in [-0.3, -0.25) is 14.5 Å². The second-order valence-electron chi connectivity index (χ2n) is 8.70. The van der Waals surface area contributed by atoms with Crippen molar-refractivity contribution in [1.29, 1.82) is 0 Å². The maximum atomic E-state index is 12.9. The van der Waals surface area contributed by atoms with Crippen LogP contribution in [0.15, 0.2) is 0 Å². The lowest BCUT2D eigenvalue weighted by atomic mass is 9.75. The average molecular weight is 364 g/mol. The van der Waals surface area contributed by atoms with E-state index in [-0.39, 0.29) is 24.4 Å². The molecule has 3 unspecified atom stereocenters. The van der Waals surface area contributed by atoms with Gasteiger partial charge >= 0.3 is 6.03 Å². The van der Waals surface area contributed by atoms with Crippen LogP contribution >= 0.6 is 0 Å². The fourth-order valence-corrected chi connectivity index (χ4v) is 4.92. The summed E-state index contributed by atoms with van der Waals surface area (Å²) >= 11 is 0. The van der Waals surface area contributed by atoms with Crippen LogP contribution in [0.4, 0.5) is 4.79 Å². The van der Waals surface area contributed by atoms with E-state index in [9.17, 15) is 14.4 Å². The Hall–Kier alpha value is -1.59. The summed E-state index contributed by atoms with van der Waals surface area (Å²) in [5.74, 6) is 1.21. The minimum Gasteiger partial charge on any atom is -0.352 e. The summed E-state index contributed by atoms with van der Waals surface area (Å²) in [6.07, 6.45) is 7.68. The van der Waals surface area contributed by atoms with Crippen molar-refractivity contribution in [2.75, 3.05) is 6.54 Å². The van der Waals surface area contributed by atoms with Gasteiger partial charge in [-0.15, -0.1) is 0 Å². The van der Waals surface area contributed by atoms with Crippen molar-refractivity contribution in [2.24, 2.45) is 17.8 Å². The summed E-state index contributed by atoms with van der Waals surface area (Å²) in [4.78, 5) is 38.9. The largest absolute Gasteiger partial charge is 0.352 e. The van der Waals surface area contributed by atoms with E-state index in [0.717, 1.165) is 37.0 Å². The zero-order valence-corrected chi connectivity index (χ0v) is 16.3. The van der Waals surface area contributed by atoms with Crippen molar-refractivity contribution < 1.29 is 14.4 Å². The lowest BCUT2D eigenvalue weighted by Gasteiger charge is -2.35. The van der Waals surface area contributed by atoms with Crippen molar-refractivity contribution in [3.8, 4) is 0 Å². The molecule has 3 fully saturated rings. The number of hydrogen-bond acceptors (Lipinski definition) is 3. The SMILES string of the molecule is CCC1CCC2(CC1)NC(=O)N(CC(=O)NC1CCCC(C)C1C)C2=O. The molecule has 26 heavy (non-hydrogen) atoms. The first kappa shape index (κ1) is 19.2. The van der Waals surface area contributed by atoms with Crippen molar-refractivity contribution >= 4 is 17.8 Å². The van der Waals surface area contributed by atoms with Gasteiger partial charge in [-0.1, -0.05) is 40.0 Å². The Morgan fingerprint density at radius 3 is 2.54 bits per heavy atom. The molecule has 3 atom stereocenters. The van der Waals surface area contributed by atoms with E-state index in [1.807, 2.05) is 0 Å². The molecular weight excluding hydrogens is 330 g/mol. The fourth-order valence-electron chi connectivity index (χ4n) is 4.92. The molecule has 4 amide bonds. The highest BCUT2D eigenvalue weighted by atomic mass is 16.2. The van der Waals surface area contributed by atoms with Crippen LogP contribution in [0.1, 0.15) is 72.1 Å². The third kappa shape index (κ3) is 3.60. The summed E-state index contributed by atoms with van der Waals surface area (Å²) in [7, 11) is 0. The molecule has 0 bridgehead atoms. The second-order valence-corrected chi connectivity index (χ2v) is 8.70. The highest BCUT2D eigenvalue weighted by Crippen LogP contribution is 2.37. The zero-order chi connectivity index (χ0) is 18.9. The summed E-state index contributed by atoms with van der Waals surface area (Å²) in [6.45, 7) is 6.39. The van der Waals surface area contributed by atoms with Crippen molar-refractivity contribution in [3.63, 3.8) is 0 Å². The van der Waals surface area contributed by atoms with Gasteiger partial charge in [-0.05, 0) is 49.9 Å². The maximum Gasteiger partial charge on any atom is 0.325 e. The average Bonchev–Trinajstić information content (AvgIpc) is 2.84. The van der Waals surface area contributed by atoms with Gasteiger partial charge in [0, 0.05) is 6.04 Å². The summed E-state index contributed by atoms with van der Waals surface area (Å²) in [5, 5.41) is 5.96. The van der Waals surface area contributed by atoms with Crippen LogP contribution in [0, 0.1) is 17.8 Å². The van der Waals surface area contributed by atoms with Gasteiger partial charge in [0.1, 0.15) is 12.1 Å². The van der Waals surface area contributed by atoms with E-state index >= 15 is 0 Å². The molecular formula is C20H33N3O3. The lowest BCUT2D eigenvalue weighted by molar-refractivity contribution is -0.136. The smallest absolute Gasteiger partial charge is 0.325 e. The molecule has 6 nitrogen and oxygen atoms in total. The third-order valence-electron chi connectivity index (χ3n) is 7.14. The molecule has 1 saturated heterocycles. The summed E-state index contributed by atoms with van der Waals surface area (Å²) < 4.78 is 0. The molecule has 2 N–H and O–H groups in total. The number of nitrogens with one attached hydrogen (secondary N) is 2. The van der Waals surface area contributed by atoms with Gasteiger partial charge in [0.15, 0.2) is 0 Å². The van der Waals surface area contributed by atoms with E-state index in [4.69, 9.17) is 0 Å². The first-order valence-corrected chi connectivity index (χ1v) is 10.3. The van der Waals surface area contributed by atoms with Crippen LogP contribution < -0.4 is 10.6 Å². The number of carbonyl (C=O) groups excluding carboxylic acids is 3. The summed E-state index contributed by atoms with van der Waals surface area (Å²) in [6, 6.07) is -0.272. The molecule has 0 aromatic heterocycles. The standard InChI is InChI=1S/C20H33N3O3/c1-4-15-8-10-20(11-9-15)18(25)23(19(26)22-20)12-17(24)21-16-7-5-6-13(2)14(16)3/h13-16H,4-12H2,1-3H3,(H,21,24)(H,22,26). The quantitative estimate of drug-likeness (QED) is 0.754. The Balaban J connectivity index is 1.58. The minimum atomic E-state index is -0.768. The van der Waals surface area contributed by atoms with Gasteiger partial charge in [0.25, 0.3) is 5.91 Å². The van der Waals surface area contributed by atoms with Crippen LogP contribution in [-0.2, 0) is 9.59 Å². The number of urea groups is 1. The Morgan fingerprint density at radius 2 is 1.88 bits per heavy atom. The molecule has 3 aliphatic rings. The Morgan fingerprint density at radius 1 is 1.19 bits per heavy atom. The molecule has 146 valence electrons. The number of carbonyl (C=O) groups is 3. The van der Waals surface area contributed by atoms with Crippen molar-refractivity contribution in [3.05, 3.63) is 0 Å². The normalized spacial score (nSPS) is 37.7. The van der Waals surface area contributed by atoms with Crippen molar-refractivity contribution in [1.82, 2.24) is 15.5 Å².